The lowest BCUT2D eigenvalue weighted by Gasteiger charge is -2.11. The molecule has 0 aliphatic heterocycles. The molecule has 21 heavy (non-hydrogen) atoms. The molecule has 108 valence electrons. The van der Waals surface area contributed by atoms with E-state index in [4.69, 9.17) is 14.9 Å². The maximum absolute atomic E-state index is 13.5. The lowest BCUT2D eigenvalue weighted by Crippen LogP contribution is -2.11. The van der Waals surface area contributed by atoms with Gasteiger partial charge in [0.05, 0.1) is 13.2 Å². The molecule has 0 aliphatic carbocycles. The first-order valence-electron chi connectivity index (χ1n) is 6.67. The van der Waals surface area contributed by atoms with Gasteiger partial charge in [-0.3, -0.25) is 0 Å². The SMILES string of the molecule is COc1cc(C(N)c2cc3cc(C)ccc3o2)ccc1F. The van der Waals surface area contributed by atoms with Crippen molar-refractivity contribution in [2.75, 3.05) is 7.11 Å². The highest BCUT2D eigenvalue weighted by Gasteiger charge is 2.16. The van der Waals surface area contributed by atoms with Gasteiger partial charge in [-0.05, 0) is 42.8 Å². The summed E-state index contributed by atoms with van der Waals surface area (Å²) in [6, 6.07) is 12.0. The first kappa shape index (κ1) is 13.6. The van der Waals surface area contributed by atoms with Gasteiger partial charge >= 0.3 is 0 Å². The maximum Gasteiger partial charge on any atom is 0.165 e. The van der Waals surface area contributed by atoms with Crippen LogP contribution in [0, 0.1) is 12.7 Å². The van der Waals surface area contributed by atoms with Gasteiger partial charge in [-0.15, -0.1) is 0 Å². The monoisotopic (exact) mass is 285 g/mol. The Labute approximate surface area is 122 Å². The zero-order valence-corrected chi connectivity index (χ0v) is 11.9. The van der Waals surface area contributed by atoms with Gasteiger partial charge in [-0.25, -0.2) is 4.39 Å². The average molecular weight is 285 g/mol. The molecule has 4 heteroatoms. The molecule has 0 bridgehead atoms. The summed E-state index contributed by atoms with van der Waals surface area (Å²) in [5.41, 5.74) is 8.91. The average Bonchev–Trinajstić information content (AvgIpc) is 2.90. The number of fused-ring (bicyclic) bond motifs is 1. The highest BCUT2D eigenvalue weighted by atomic mass is 19.1. The van der Waals surface area contributed by atoms with Crippen molar-refractivity contribution in [3.8, 4) is 5.75 Å². The largest absolute Gasteiger partial charge is 0.494 e. The Morgan fingerprint density at radius 3 is 2.71 bits per heavy atom. The molecule has 1 aromatic heterocycles. The molecule has 1 heterocycles. The molecule has 3 rings (SSSR count). The quantitative estimate of drug-likeness (QED) is 0.793. The van der Waals surface area contributed by atoms with E-state index in [0.717, 1.165) is 22.1 Å². The van der Waals surface area contributed by atoms with E-state index in [1.54, 1.807) is 12.1 Å². The highest BCUT2D eigenvalue weighted by Crippen LogP contribution is 2.29. The second-order valence-corrected chi connectivity index (χ2v) is 5.06. The standard InChI is InChI=1S/C17H16FNO2/c1-10-3-6-14-12(7-10)9-16(21-14)17(19)11-4-5-13(18)15(8-11)20-2/h3-9,17H,19H2,1-2H3. The summed E-state index contributed by atoms with van der Waals surface area (Å²) in [6.07, 6.45) is 0. The number of ether oxygens (including phenoxy) is 1. The van der Waals surface area contributed by atoms with Crippen molar-refractivity contribution in [2.24, 2.45) is 5.73 Å². The summed E-state index contributed by atoms with van der Waals surface area (Å²) >= 11 is 0. The fourth-order valence-electron chi connectivity index (χ4n) is 2.37. The third-order valence-corrected chi connectivity index (χ3v) is 3.53. The van der Waals surface area contributed by atoms with Gasteiger partial charge in [0, 0.05) is 5.39 Å². The lowest BCUT2D eigenvalue weighted by molar-refractivity contribution is 0.385. The minimum absolute atomic E-state index is 0.176. The van der Waals surface area contributed by atoms with Gasteiger partial charge in [0.1, 0.15) is 11.3 Å². The Kier molecular flexibility index (Phi) is 3.39. The van der Waals surface area contributed by atoms with E-state index >= 15 is 0 Å². The van der Waals surface area contributed by atoms with E-state index in [1.165, 1.54) is 13.2 Å². The fourth-order valence-corrected chi connectivity index (χ4v) is 2.37. The molecule has 1 atom stereocenters. The van der Waals surface area contributed by atoms with Crippen molar-refractivity contribution >= 4 is 11.0 Å². The molecular weight excluding hydrogens is 269 g/mol. The van der Waals surface area contributed by atoms with Gasteiger partial charge in [0.2, 0.25) is 0 Å². The number of hydrogen-bond acceptors (Lipinski definition) is 3. The van der Waals surface area contributed by atoms with Crippen LogP contribution in [0.4, 0.5) is 4.39 Å². The molecule has 2 N–H and O–H groups in total. The number of aryl methyl sites for hydroxylation is 1. The summed E-state index contributed by atoms with van der Waals surface area (Å²) in [5.74, 6) is 0.410. The number of hydrogen-bond donors (Lipinski definition) is 1. The van der Waals surface area contributed by atoms with Crippen LogP contribution in [0.15, 0.2) is 46.9 Å². The summed E-state index contributed by atoms with van der Waals surface area (Å²) < 4.78 is 24.2. The third kappa shape index (κ3) is 2.50. The molecule has 0 spiro atoms. The Morgan fingerprint density at radius 2 is 1.95 bits per heavy atom. The molecule has 3 aromatic rings. The van der Waals surface area contributed by atoms with Gasteiger partial charge in [-0.2, -0.15) is 0 Å². The molecule has 3 nitrogen and oxygen atoms in total. The molecule has 1 unspecified atom stereocenters. The molecule has 2 aromatic carbocycles. The zero-order chi connectivity index (χ0) is 15.0. The number of methoxy groups -OCH3 is 1. The molecule has 0 amide bonds. The Balaban J connectivity index is 2.01. The Bertz CT molecular complexity index is 795. The van der Waals surface area contributed by atoms with Crippen molar-refractivity contribution in [1.29, 1.82) is 0 Å². The fraction of sp³-hybridized carbons (Fsp3) is 0.176. The Hall–Kier alpha value is -2.33. The van der Waals surface area contributed by atoms with Crippen LogP contribution in [0.5, 0.6) is 5.75 Å². The highest BCUT2D eigenvalue weighted by molar-refractivity contribution is 5.78. The topological polar surface area (TPSA) is 48.4 Å². The van der Waals surface area contributed by atoms with E-state index in [0.29, 0.717) is 5.76 Å². The first-order valence-corrected chi connectivity index (χ1v) is 6.67. The lowest BCUT2D eigenvalue weighted by atomic mass is 10.0. The minimum atomic E-state index is -0.466. The number of rotatable bonds is 3. The second-order valence-electron chi connectivity index (χ2n) is 5.06. The van der Waals surface area contributed by atoms with Gasteiger partial charge < -0.3 is 14.9 Å². The van der Waals surface area contributed by atoms with Crippen molar-refractivity contribution in [1.82, 2.24) is 0 Å². The number of halogens is 1. The smallest absolute Gasteiger partial charge is 0.165 e. The van der Waals surface area contributed by atoms with Crippen LogP contribution in [-0.4, -0.2) is 7.11 Å². The van der Waals surface area contributed by atoms with Crippen LogP contribution in [0.25, 0.3) is 11.0 Å². The molecular formula is C17H16FNO2. The molecule has 0 fully saturated rings. The molecule has 0 aliphatic rings. The normalized spacial score (nSPS) is 12.6. The summed E-state index contributed by atoms with van der Waals surface area (Å²) in [4.78, 5) is 0. The van der Waals surface area contributed by atoms with Crippen LogP contribution < -0.4 is 10.5 Å². The summed E-state index contributed by atoms with van der Waals surface area (Å²) in [7, 11) is 1.43. The third-order valence-electron chi connectivity index (χ3n) is 3.53. The van der Waals surface area contributed by atoms with E-state index in [1.807, 2.05) is 31.2 Å². The van der Waals surface area contributed by atoms with Gasteiger partial charge in [0.15, 0.2) is 11.6 Å². The van der Waals surface area contributed by atoms with E-state index < -0.39 is 11.9 Å². The molecule has 0 radical (unpaired) electrons. The summed E-state index contributed by atoms with van der Waals surface area (Å²) in [5, 5.41) is 1.01. The van der Waals surface area contributed by atoms with Crippen LogP contribution in [0.1, 0.15) is 22.9 Å². The van der Waals surface area contributed by atoms with E-state index in [9.17, 15) is 4.39 Å². The number of nitrogens with two attached hydrogens (primary N) is 1. The van der Waals surface area contributed by atoms with E-state index in [-0.39, 0.29) is 5.75 Å². The van der Waals surface area contributed by atoms with Gasteiger partial charge in [0.25, 0.3) is 0 Å². The van der Waals surface area contributed by atoms with Crippen molar-refractivity contribution < 1.29 is 13.5 Å². The number of benzene rings is 2. The van der Waals surface area contributed by atoms with Crippen molar-refractivity contribution in [2.45, 2.75) is 13.0 Å². The van der Waals surface area contributed by atoms with Crippen LogP contribution in [-0.2, 0) is 0 Å². The predicted molar refractivity (Wildman–Crippen MR) is 79.9 cm³/mol. The molecule has 0 saturated carbocycles. The molecule has 0 saturated heterocycles. The minimum Gasteiger partial charge on any atom is -0.494 e. The first-order chi connectivity index (χ1) is 10.1. The maximum atomic E-state index is 13.5. The number of furan rings is 1. The zero-order valence-electron chi connectivity index (χ0n) is 11.9. The summed E-state index contributed by atoms with van der Waals surface area (Å²) in [6.45, 7) is 2.02. The Morgan fingerprint density at radius 1 is 1.14 bits per heavy atom. The van der Waals surface area contributed by atoms with Crippen LogP contribution in [0.2, 0.25) is 0 Å². The van der Waals surface area contributed by atoms with Crippen molar-refractivity contribution in [3.63, 3.8) is 0 Å². The van der Waals surface area contributed by atoms with Crippen LogP contribution in [0.3, 0.4) is 0 Å². The van der Waals surface area contributed by atoms with Gasteiger partial charge in [-0.1, -0.05) is 17.7 Å². The second kappa shape index (κ2) is 5.22. The van der Waals surface area contributed by atoms with Crippen molar-refractivity contribution in [3.05, 3.63) is 65.2 Å². The predicted octanol–water partition coefficient (Wildman–Crippen LogP) is 3.94. The van der Waals surface area contributed by atoms with E-state index in [2.05, 4.69) is 0 Å². The van der Waals surface area contributed by atoms with Crippen LogP contribution >= 0.6 is 0 Å².